The summed E-state index contributed by atoms with van der Waals surface area (Å²) in [5.41, 5.74) is 1.00. The molecule has 1 unspecified atom stereocenters. The molecule has 1 fully saturated rings. The molecule has 2 nitrogen and oxygen atoms in total. The molecule has 0 bridgehead atoms. The molecule has 0 N–H and O–H groups in total. The van der Waals surface area contributed by atoms with Crippen molar-refractivity contribution in [2.24, 2.45) is 0 Å². The molecule has 0 spiro atoms. The van der Waals surface area contributed by atoms with Crippen LogP contribution in [0.4, 0.5) is 13.2 Å². The number of rotatable bonds is 3. The van der Waals surface area contributed by atoms with Gasteiger partial charge in [0.15, 0.2) is 0 Å². The number of benzene rings is 2. The second-order valence-corrected chi connectivity index (χ2v) is 6.11. The molecule has 24 heavy (non-hydrogen) atoms. The Kier molecular flexibility index (Phi) is 4.60. The Morgan fingerprint density at radius 2 is 1.79 bits per heavy atom. The number of amides is 1. The summed E-state index contributed by atoms with van der Waals surface area (Å²) in [5, 5.41) is 0. The van der Waals surface area contributed by atoms with Crippen molar-refractivity contribution in [3.8, 4) is 0 Å². The third-order valence-electron chi connectivity index (χ3n) is 4.42. The van der Waals surface area contributed by atoms with E-state index in [1.807, 2.05) is 30.3 Å². The van der Waals surface area contributed by atoms with Gasteiger partial charge in [-0.05, 0) is 29.5 Å². The van der Waals surface area contributed by atoms with Crippen LogP contribution in [-0.4, -0.2) is 17.4 Å². The average Bonchev–Trinajstić information content (AvgIpc) is 2.57. The number of likely N-dealkylation sites (tertiary alicyclic amines) is 1. The van der Waals surface area contributed by atoms with E-state index < -0.39 is 11.7 Å². The molecule has 1 atom stereocenters. The third-order valence-corrected chi connectivity index (χ3v) is 4.42. The fraction of sp³-hybridized carbons (Fsp3) is 0.316. The number of alkyl halides is 3. The summed E-state index contributed by atoms with van der Waals surface area (Å²) in [6, 6.07) is 15.0. The van der Waals surface area contributed by atoms with Crippen molar-refractivity contribution in [3.63, 3.8) is 0 Å². The van der Waals surface area contributed by atoms with Crippen molar-refractivity contribution in [3.05, 3.63) is 71.3 Å². The smallest absolute Gasteiger partial charge is 0.338 e. The number of hydrogen-bond donors (Lipinski definition) is 0. The van der Waals surface area contributed by atoms with Crippen LogP contribution in [0, 0.1) is 0 Å². The van der Waals surface area contributed by atoms with E-state index >= 15 is 0 Å². The first kappa shape index (κ1) is 16.6. The first-order valence-corrected chi connectivity index (χ1v) is 7.92. The van der Waals surface area contributed by atoms with Crippen molar-refractivity contribution in [1.29, 1.82) is 0 Å². The van der Waals surface area contributed by atoms with Gasteiger partial charge in [-0.15, -0.1) is 0 Å². The monoisotopic (exact) mass is 333 g/mol. The highest BCUT2D eigenvalue weighted by molar-refractivity contribution is 5.78. The van der Waals surface area contributed by atoms with Crippen LogP contribution in [0.15, 0.2) is 54.6 Å². The average molecular weight is 333 g/mol. The Hall–Kier alpha value is -2.30. The van der Waals surface area contributed by atoms with Crippen molar-refractivity contribution in [2.75, 3.05) is 6.54 Å². The molecule has 5 heteroatoms. The molecule has 2 aromatic rings. The van der Waals surface area contributed by atoms with E-state index in [0.717, 1.165) is 11.6 Å². The summed E-state index contributed by atoms with van der Waals surface area (Å²) < 4.78 is 38.5. The second kappa shape index (κ2) is 6.67. The molecule has 2 aromatic carbocycles. The van der Waals surface area contributed by atoms with Crippen molar-refractivity contribution >= 4 is 5.91 Å². The summed E-state index contributed by atoms with van der Waals surface area (Å²) >= 11 is 0. The Bertz CT molecular complexity index is 712. The van der Waals surface area contributed by atoms with Crippen LogP contribution < -0.4 is 0 Å². The highest BCUT2D eigenvalue weighted by Gasteiger charge is 2.32. The normalized spacial score (nSPS) is 18.7. The molecule has 1 saturated heterocycles. The highest BCUT2D eigenvalue weighted by Crippen LogP contribution is 2.34. The molecule has 1 amide bonds. The van der Waals surface area contributed by atoms with Crippen LogP contribution in [0.5, 0.6) is 0 Å². The van der Waals surface area contributed by atoms with Gasteiger partial charge in [0, 0.05) is 19.5 Å². The standard InChI is InChI=1S/C19H18F3NO/c20-19(21,22)17-8-4-7-15(11-17)16-9-10-23(18(24)12-16)13-14-5-2-1-3-6-14/h1-8,11,16H,9-10,12-13H2. The van der Waals surface area contributed by atoms with Crippen LogP contribution in [0.3, 0.4) is 0 Å². The summed E-state index contributed by atoms with van der Waals surface area (Å²) in [7, 11) is 0. The van der Waals surface area contributed by atoms with Crippen LogP contribution in [0.1, 0.15) is 35.4 Å². The fourth-order valence-corrected chi connectivity index (χ4v) is 3.10. The van der Waals surface area contributed by atoms with Gasteiger partial charge in [0.05, 0.1) is 5.56 Å². The van der Waals surface area contributed by atoms with Gasteiger partial charge in [-0.3, -0.25) is 4.79 Å². The molecule has 126 valence electrons. The van der Waals surface area contributed by atoms with Crippen LogP contribution in [0.25, 0.3) is 0 Å². The third kappa shape index (κ3) is 3.78. The van der Waals surface area contributed by atoms with Gasteiger partial charge < -0.3 is 4.90 Å². The predicted octanol–water partition coefficient (Wildman–Crippen LogP) is 4.61. The van der Waals surface area contributed by atoms with E-state index in [1.165, 1.54) is 12.1 Å². The maximum Gasteiger partial charge on any atom is 0.416 e. The molecule has 1 aliphatic rings. The summed E-state index contributed by atoms with van der Waals surface area (Å²) in [4.78, 5) is 14.1. The molecule has 0 aliphatic carbocycles. The van der Waals surface area contributed by atoms with E-state index in [9.17, 15) is 18.0 Å². The molecule has 3 rings (SSSR count). The molecule has 0 saturated carbocycles. The summed E-state index contributed by atoms with van der Waals surface area (Å²) in [5.74, 6) is -0.153. The topological polar surface area (TPSA) is 20.3 Å². The van der Waals surface area contributed by atoms with Gasteiger partial charge in [0.1, 0.15) is 0 Å². The van der Waals surface area contributed by atoms with Crippen LogP contribution in [-0.2, 0) is 17.5 Å². The number of nitrogens with zero attached hydrogens (tertiary/aromatic N) is 1. The van der Waals surface area contributed by atoms with Gasteiger partial charge in [0.2, 0.25) is 5.91 Å². The number of piperidine rings is 1. The summed E-state index contributed by atoms with van der Waals surface area (Å²) in [6.45, 7) is 1.11. The first-order valence-electron chi connectivity index (χ1n) is 7.92. The highest BCUT2D eigenvalue weighted by atomic mass is 19.4. The Morgan fingerprint density at radius 1 is 1.04 bits per heavy atom. The maximum absolute atomic E-state index is 12.8. The molecule has 0 radical (unpaired) electrons. The van der Waals surface area contributed by atoms with E-state index in [1.54, 1.807) is 11.0 Å². The zero-order valence-electron chi connectivity index (χ0n) is 13.1. The largest absolute Gasteiger partial charge is 0.416 e. The summed E-state index contributed by atoms with van der Waals surface area (Å²) in [6.07, 6.45) is -3.41. The van der Waals surface area contributed by atoms with Crippen molar-refractivity contribution in [2.45, 2.75) is 31.5 Å². The Morgan fingerprint density at radius 3 is 2.46 bits per heavy atom. The predicted molar refractivity (Wildman–Crippen MR) is 85.3 cm³/mol. The van der Waals surface area contributed by atoms with Crippen molar-refractivity contribution in [1.82, 2.24) is 4.90 Å². The van der Waals surface area contributed by atoms with Gasteiger partial charge >= 0.3 is 6.18 Å². The Balaban J connectivity index is 1.68. The van der Waals surface area contributed by atoms with Gasteiger partial charge in [-0.1, -0.05) is 48.5 Å². The second-order valence-electron chi connectivity index (χ2n) is 6.11. The molecular formula is C19H18F3NO. The van der Waals surface area contributed by atoms with Crippen molar-refractivity contribution < 1.29 is 18.0 Å². The van der Waals surface area contributed by atoms with E-state index in [-0.39, 0.29) is 18.2 Å². The number of halogens is 3. The fourth-order valence-electron chi connectivity index (χ4n) is 3.10. The lowest BCUT2D eigenvalue weighted by atomic mass is 9.88. The SMILES string of the molecule is O=C1CC(c2cccc(C(F)(F)F)c2)CCN1Cc1ccccc1. The number of hydrogen-bond acceptors (Lipinski definition) is 1. The van der Waals surface area contributed by atoms with Crippen LogP contribution >= 0.6 is 0 Å². The minimum absolute atomic E-state index is 0.00693. The zero-order chi connectivity index (χ0) is 17.2. The van der Waals surface area contributed by atoms with E-state index in [0.29, 0.717) is 25.1 Å². The van der Waals surface area contributed by atoms with E-state index in [4.69, 9.17) is 0 Å². The Labute approximate surface area is 138 Å². The van der Waals surface area contributed by atoms with Gasteiger partial charge in [0.25, 0.3) is 0 Å². The first-order chi connectivity index (χ1) is 11.4. The molecule has 1 heterocycles. The lowest BCUT2D eigenvalue weighted by molar-refractivity contribution is -0.137. The minimum atomic E-state index is -4.35. The van der Waals surface area contributed by atoms with Gasteiger partial charge in [-0.2, -0.15) is 13.2 Å². The van der Waals surface area contributed by atoms with Crippen LogP contribution in [0.2, 0.25) is 0 Å². The lowest BCUT2D eigenvalue weighted by Gasteiger charge is -2.32. The number of carbonyl (C=O) groups excluding carboxylic acids is 1. The quantitative estimate of drug-likeness (QED) is 0.803. The minimum Gasteiger partial charge on any atom is -0.338 e. The molecule has 1 aliphatic heterocycles. The molecule has 0 aromatic heterocycles. The maximum atomic E-state index is 12.8. The number of carbonyl (C=O) groups is 1. The van der Waals surface area contributed by atoms with Gasteiger partial charge in [-0.25, -0.2) is 0 Å². The molecular weight excluding hydrogens is 315 g/mol. The lowest BCUT2D eigenvalue weighted by Crippen LogP contribution is -2.37. The van der Waals surface area contributed by atoms with E-state index in [2.05, 4.69) is 0 Å². The zero-order valence-corrected chi connectivity index (χ0v) is 13.1.